The van der Waals surface area contributed by atoms with Gasteiger partial charge in [0.15, 0.2) is 5.41 Å². The lowest BCUT2D eigenvalue weighted by Crippen LogP contribution is -2.43. The number of aryl methyl sites for hydroxylation is 1. The van der Waals surface area contributed by atoms with E-state index < -0.39 is 17.4 Å². The molecule has 2 rings (SSSR count). The molecule has 1 aromatic carbocycles. The number of amides is 1. The Morgan fingerprint density at radius 2 is 1.91 bits per heavy atom. The molecule has 0 aliphatic carbocycles. The second kappa shape index (κ2) is 6.88. The summed E-state index contributed by atoms with van der Waals surface area (Å²) in [5.74, 6) is -3.06. The maximum absolute atomic E-state index is 12.2. The molecule has 2 N–H and O–H groups in total. The minimum atomic E-state index is -1.89. The standard InChI is InChI=1S/C15H15BrClNO5/c16-10-3-1-9(7-11(10)17)2-4-12(19)18-6-5-15(8-18,13(20)21)14(22)23/h1,3,7H,2,4-6,8H2,(H,20,21)(H,22,23). The van der Waals surface area contributed by atoms with Crippen LogP contribution >= 0.6 is 27.5 Å². The first-order valence-corrected chi connectivity index (χ1v) is 8.12. The van der Waals surface area contributed by atoms with Gasteiger partial charge in [-0.15, -0.1) is 0 Å². The number of aliphatic carboxylic acids is 2. The first-order chi connectivity index (χ1) is 10.8. The van der Waals surface area contributed by atoms with E-state index >= 15 is 0 Å². The molecule has 1 heterocycles. The van der Waals surface area contributed by atoms with E-state index in [1.165, 1.54) is 4.90 Å². The monoisotopic (exact) mass is 403 g/mol. The lowest BCUT2D eigenvalue weighted by molar-refractivity contribution is -0.163. The van der Waals surface area contributed by atoms with Crippen LogP contribution in [0.25, 0.3) is 0 Å². The van der Waals surface area contributed by atoms with Crippen molar-refractivity contribution in [1.29, 1.82) is 0 Å². The van der Waals surface area contributed by atoms with Gasteiger partial charge in [-0.3, -0.25) is 14.4 Å². The number of carbonyl (C=O) groups excluding carboxylic acids is 1. The number of nitrogens with zero attached hydrogens (tertiary/aromatic N) is 1. The van der Waals surface area contributed by atoms with Gasteiger partial charge in [0.05, 0.1) is 5.02 Å². The van der Waals surface area contributed by atoms with Crippen molar-refractivity contribution in [1.82, 2.24) is 4.90 Å². The van der Waals surface area contributed by atoms with Gasteiger partial charge >= 0.3 is 11.9 Å². The van der Waals surface area contributed by atoms with Gasteiger partial charge in [0, 0.05) is 24.0 Å². The summed E-state index contributed by atoms with van der Waals surface area (Å²) in [6.45, 7) is -0.157. The van der Waals surface area contributed by atoms with Crippen LogP contribution in [0.2, 0.25) is 5.02 Å². The van der Waals surface area contributed by atoms with Crippen molar-refractivity contribution in [2.24, 2.45) is 5.41 Å². The fourth-order valence-corrected chi connectivity index (χ4v) is 3.02. The molecule has 0 atom stereocenters. The Morgan fingerprint density at radius 1 is 1.26 bits per heavy atom. The molecule has 23 heavy (non-hydrogen) atoms. The number of hydrogen-bond acceptors (Lipinski definition) is 3. The van der Waals surface area contributed by atoms with Crippen LogP contribution in [0.4, 0.5) is 0 Å². The Hall–Kier alpha value is -1.60. The van der Waals surface area contributed by atoms with Gasteiger partial charge in [-0.2, -0.15) is 0 Å². The predicted octanol–water partition coefficient (Wildman–Crippen LogP) is 2.42. The molecule has 0 saturated carbocycles. The van der Waals surface area contributed by atoms with Gasteiger partial charge in [0.25, 0.3) is 0 Å². The lowest BCUT2D eigenvalue weighted by Gasteiger charge is -2.20. The summed E-state index contributed by atoms with van der Waals surface area (Å²) in [6.07, 6.45) is 0.552. The molecule has 0 aromatic heterocycles. The number of carboxylic acids is 2. The molecule has 1 aliphatic heterocycles. The van der Waals surface area contributed by atoms with Gasteiger partial charge in [-0.1, -0.05) is 17.7 Å². The van der Waals surface area contributed by atoms with E-state index in [1.54, 1.807) is 12.1 Å². The van der Waals surface area contributed by atoms with Crippen molar-refractivity contribution in [3.63, 3.8) is 0 Å². The zero-order chi connectivity index (χ0) is 17.2. The molecule has 8 heteroatoms. The van der Waals surface area contributed by atoms with Crippen molar-refractivity contribution in [2.45, 2.75) is 19.3 Å². The molecule has 1 amide bonds. The number of carboxylic acid groups (broad SMARTS) is 2. The molecule has 0 bridgehead atoms. The summed E-state index contributed by atoms with van der Waals surface area (Å²) in [5, 5.41) is 18.9. The highest BCUT2D eigenvalue weighted by Crippen LogP contribution is 2.32. The fourth-order valence-electron chi connectivity index (χ4n) is 2.57. The number of rotatable bonds is 5. The quantitative estimate of drug-likeness (QED) is 0.735. The van der Waals surface area contributed by atoms with E-state index in [-0.39, 0.29) is 31.8 Å². The van der Waals surface area contributed by atoms with E-state index in [9.17, 15) is 14.4 Å². The van der Waals surface area contributed by atoms with Crippen molar-refractivity contribution in [3.05, 3.63) is 33.3 Å². The predicted molar refractivity (Wildman–Crippen MR) is 86.4 cm³/mol. The van der Waals surface area contributed by atoms with E-state index in [0.29, 0.717) is 11.4 Å². The second-order valence-corrected chi connectivity index (χ2v) is 6.77. The van der Waals surface area contributed by atoms with Gasteiger partial charge in [-0.25, -0.2) is 0 Å². The molecule has 0 unspecified atom stereocenters. The molecular weight excluding hydrogens is 390 g/mol. The maximum atomic E-state index is 12.2. The van der Waals surface area contributed by atoms with Gasteiger partial charge in [-0.05, 0) is 46.5 Å². The van der Waals surface area contributed by atoms with Gasteiger partial charge < -0.3 is 15.1 Å². The Bertz CT molecular complexity index is 649. The van der Waals surface area contributed by atoms with Crippen LogP contribution < -0.4 is 0 Å². The van der Waals surface area contributed by atoms with Crippen LogP contribution in [0.1, 0.15) is 18.4 Å². The summed E-state index contributed by atoms with van der Waals surface area (Å²) >= 11 is 9.28. The van der Waals surface area contributed by atoms with E-state index in [2.05, 4.69) is 15.9 Å². The molecule has 124 valence electrons. The van der Waals surface area contributed by atoms with Crippen LogP contribution in [-0.4, -0.2) is 46.0 Å². The number of benzene rings is 1. The second-order valence-electron chi connectivity index (χ2n) is 5.51. The summed E-state index contributed by atoms with van der Waals surface area (Å²) < 4.78 is 0.765. The first-order valence-electron chi connectivity index (χ1n) is 6.95. The topological polar surface area (TPSA) is 94.9 Å². The van der Waals surface area contributed by atoms with Crippen molar-refractivity contribution in [3.8, 4) is 0 Å². The largest absolute Gasteiger partial charge is 0.480 e. The molecule has 0 spiro atoms. The van der Waals surface area contributed by atoms with Crippen LogP contribution in [0.3, 0.4) is 0 Å². The van der Waals surface area contributed by atoms with Crippen LogP contribution in [0, 0.1) is 5.41 Å². The van der Waals surface area contributed by atoms with E-state index in [1.807, 2.05) is 6.07 Å². The van der Waals surface area contributed by atoms with Crippen molar-refractivity contribution in [2.75, 3.05) is 13.1 Å². The molecule has 1 aromatic rings. The summed E-state index contributed by atoms with van der Waals surface area (Å²) in [7, 11) is 0. The van der Waals surface area contributed by atoms with E-state index in [4.69, 9.17) is 21.8 Å². The Kier molecular flexibility index (Phi) is 5.31. The lowest BCUT2D eigenvalue weighted by atomic mass is 9.87. The maximum Gasteiger partial charge on any atom is 0.322 e. The van der Waals surface area contributed by atoms with Gasteiger partial charge in [0.1, 0.15) is 0 Å². The highest BCUT2D eigenvalue weighted by atomic mass is 79.9. The Labute approximate surface area is 146 Å². The Balaban J connectivity index is 1.98. The number of likely N-dealkylation sites (tertiary alicyclic amines) is 1. The normalized spacial score (nSPS) is 16.3. The van der Waals surface area contributed by atoms with Crippen molar-refractivity contribution < 1.29 is 24.6 Å². The average Bonchev–Trinajstić information content (AvgIpc) is 2.95. The highest BCUT2D eigenvalue weighted by Gasteiger charge is 2.52. The SMILES string of the molecule is O=C(CCc1ccc(Br)c(Cl)c1)N1CCC(C(=O)O)(C(=O)O)C1. The van der Waals surface area contributed by atoms with Crippen LogP contribution in [0.15, 0.2) is 22.7 Å². The molecule has 1 fully saturated rings. The number of hydrogen-bond donors (Lipinski definition) is 2. The summed E-state index contributed by atoms with van der Waals surface area (Å²) in [4.78, 5) is 36.0. The fraction of sp³-hybridized carbons (Fsp3) is 0.400. The molecule has 6 nitrogen and oxygen atoms in total. The van der Waals surface area contributed by atoms with Crippen LogP contribution in [0.5, 0.6) is 0 Å². The van der Waals surface area contributed by atoms with Crippen LogP contribution in [-0.2, 0) is 20.8 Å². The third-order valence-corrected chi connectivity index (χ3v) is 5.28. The molecule has 1 aliphatic rings. The third-order valence-electron chi connectivity index (χ3n) is 4.05. The molecule has 0 radical (unpaired) electrons. The average molecular weight is 405 g/mol. The Morgan fingerprint density at radius 3 is 2.43 bits per heavy atom. The molecule has 1 saturated heterocycles. The molecular formula is C15H15BrClNO5. The number of carbonyl (C=O) groups is 3. The smallest absolute Gasteiger partial charge is 0.322 e. The number of halogens is 2. The zero-order valence-corrected chi connectivity index (χ0v) is 14.4. The van der Waals surface area contributed by atoms with E-state index in [0.717, 1.165) is 10.0 Å². The summed E-state index contributed by atoms with van der Waals surface area (Å²) in [5.41, 5.74) is -1.01. The first kappa shape index (κ1) is 17.7. The van der Waals surface area contributed by atoms with Gasteiger partial charge in [0.2, 0.25) is 5.91 Å². The van der Waals surface area contributed by atoms with Crippen molar-refractivity contribution >= 4 is 45.4 Å². The highest BCUT2D eigenvalue weighted by molar-refractivity contribution is 9.10. The third kappa shape index (κ3) is 3.67. The minimum Gasteiger partial charge on any atom is -0.480 e. The zero-order valence-electron chi connectivity index (χ0n) is 12.1. The minimum absolute atomic E-state index is 0.0759. The summed E-state index contributed by atoms with van der Waals surface area (Å²) in [6, 6.07) is 5.38.